The summed E-state index contributed by atoms with van der Waals surface area (Å²) >= 11 is 1.15. The Labute approximate surface area is 228 Å². The van der Waals surface area contributed by atoms with Gasteiger partial charge < -0.3 is 20.5 Å². The summed E-state index contributed by atoms with van der Waals surface area (Å²) in [5.41, 5.74) is 8.46. The van der Waals surface area contributed by atoms with Crippen molar-refractivity contribution in [3.05, 3.63) is 115 Å². The van der Waals surface area contributed by atoms with Gasteiger partial charge in [0.05, 0.1) is 41.9 Å². The number of rotatable bonds is 6. The lowest BCUT2D eigenvalue weighted by molar-refractivity contribution is -0.111. The van der Waals surface area contributed by atoms with E-state index in [2.05, 4.69) is 11.4 Å². The monoisotopic (exact) mass is 536 g/mol. The fourth-order valence-electron chi connectivity index (χ4n) is 4.47. The van der Waals surface area contributed by atoms with Crippen LogP contribution >= 0.6 is 11.3 Å². The van der Waals surface area contributed by atoms with E-state index < -0.39 is 17.4 Å². The number of hydrogen-bond acceptors (Lipinski definition) is 7. The average molecular weight is 537 g/mol. The second-order valence-corrected chi connectivity index (χ2v) is 9.71. The molecule has 1 aliphatic rings. The van der Waals surface area contributed by atoms with Crippen LogP contribution in [0.25, 0.3) is 17.5 Å². The van der Waals surface area contributed by atoms with Gasteiger partial charge >= 0.3 is 0 Å². The number of aromatic nitrogens is 1. The van der Waals surface area contributed by atoms with E-state index in [1.807, 2.05) is 30.3 Å². The maximum atomic E-state index is 13.9. The van der Waals surface area contributed by atoms with Gasteiger partial charge in [0.1, 0.15) is 22.0 Å². The maximum Gasteiger partial charge on any atom is 0.274 e. The third kappa shape index (κ3) is 4.81. The fraction of sp³-hybridized carbons (Fsp3) is 0.100. The van der Waals surface area contributed by atoms with Crippen molar-refractivity contribution in [3.8, 4) is 17.6 Å². The standard InChI is InChI=1S/C30H24N4O4S/c1-37-21-12-8-18(9-13-21)16-24-29(36)34-27(32)23(17-31)25(19-10-14-22(38-2)15-11-19)26(30(34)39-24)28(35)33-20-6-4-3-5-7-20/h3-16,25H,32H2,1-2H3,(H,33,35)/b24-16+/t25-/m0/s1. The van der Waals surface area contributed by atoms with Gasteiger partial charge in [-0.05, 0) is 53.6 Å². The molecule has 3 N–H and O–H groups in total. The van der Waals surface area contributed by atoms with Crippen molar-refractivity contribution < 1.29 is 14.3 Å². The van der Waals surface area contributed by atoms with Crippen molar-refractivity contribution in [1.82, 2.24) is 4.57 Å². The Balaban J connectivity index is 1.78. The lowest BCUT2D eigenvalue weighted by atomic mass is 9.83. The van der Waals surface area contributed by atoms with Crippen LogP contribution in [0.5, 0.6) is 11.5 Å². The van der Waals surface area contributed by atoms with Crippen LogP contribution in [0.1, 0.15) is 17.0 Å². The number of nitrogens with one attached hydrogen (secondary N) is 1. The van der Waals surface area contributed by atoms with E-state index in [9.17, 15) is 14.9 Å². The predicted octanol–water partition coefficient (Wildman–Crippen LogP) is 2.99. The highest BCUT2D eigenvalue weighted by Crippen LogP contribution is 2.37. The zero-order chi connectivity index (χ0) is 27.5. The van der Waals surface area contributed by atoms with Gasteiger partial charge in [0.15, 0.2) is 0 Å². The molecule has 194 valence electrons. The van der Waals surface area contributed by atoms with Gasteiger partial charge in [-0.3, -0.25) is 14.2 Å². The summed E-state index contributed by atoms with van der Waals surface area (Å²) in [6, 6.07) is 25.5. The molecule has 2 heterocycles. The number of nitriles is 1. The van der Waals surface area contributed by atoms with Gasteiger partial charge in [0.2, 0.25) is 0 Å². The molecule has 5 rings (SSSR count). The first-order valence-corrected chi connectivity index (χ1v) is 12.8. The molecular formula is C30H24N4O4S. The number of para-hydroxylation sites is 1. The molecule has 0 radical (unpaired) electrons. The van der Waals surface area contributed by atoms with Crippen molar-refractivity contribution in [2.24, 2.45) is 5.73 Å². The third-order valence-electron chi connectivity index (χ3n) is 6.41. The highest BCUT2D eigenvalue weighted by atomic mass is 32.1. The van der Waals surface area contributed by atoms with Gasteiger partial charge in [0, 0.05) is 5.69 Å². The van der Waals surface area contributed by atoms with Crippen molar-refractivity contribution in [1.29, 1.82) is 5.26 Å². The summed E-state index contributed by atoms with van der Waals surface area (Å²) in [4.78, 5) is 27.5. The number of nitrogens with two attached hydrogens (primary N) is 1. The molecule has 4 aromatic rings. The van der Waals surface area contributed by atoms with E-state index in [0.29, 0.717) is 31.9 Å². The average Bonchev–Trinajstić information content (AvgIpc) is 3.29. The number of anilines is 1. The minimum atomic E-state index is -0.795. The molecule has 1 atom stereocenters. The number of carbonyl (C=O) groups is 1. The van der Waals surface area contributed by atoms with Gasteiger partial charge in [-0.25, -0.2) is 0 Å². The molecule has 0 aliphatic carbocycles. The first-order chi connectivity index (χ1) is 18.9. The Morgan fingerprint density at radius 1 is 1.00 bits per heavy atom. The lowest BCUT2D eigenvalue weighted by Gasteiger charge is -2.25. The Bertz CT molecular complexity index is 1800. The summed E-state index contributed by atoms with van der Waals surface area (Å²) in [5, 5.41) is 13.1. The number of nitrogens with zero attached hydrogens (tertiary/aromatic N) is 2. The van der Waals surface area contributed by atoms with Crippen LogP contribution in [0.4, 0.5) is 5.69 Å². The number of fused-ring (bicyclic) bond motifs is 1. The summed E-state index contributed by atoms with van der Waals surface area (Å²) < 4.78 is 12.5. The van der Waals surface area contributed by atoms with E-state index in [4.69, 9.17) is 15.2 Å². The molecule has 1 aliphatic heterocycles. The van der Waals surface area contributed by atoms with E-state index in [0.717, 1.165) is 16.9 Å². The second-order valence-electron chi connectivity index (χ2n) is 8.68. The van der Waals surface area contributed by atoms with Crippen molar-refractivity contribution >= 4 is 40.4 Å². The van der Waals surface area contributed by atoms with Gasteiger partial charge in [-0.15, -0.1) is 11.3 Å². The van der Waals surface area contributed by atoms with Crippen molar-refractivity contribution in [2.75, 3.05) is 19.5 Å². The normalized spacial score (nSPS) is 14.9. The summed E-state index contributed by atoms with van der Waals surface area (Å²) in [6.45, 7) is 0. The molecular weight excluding hydrogens is 512 g/mol. The fourth-order valence-corrected chi connectivity index (χ4v) is 5.64. The largest absolute Gasteiger partial charge is 0.497 e. The predicted molar refractivity (Wildman–Crippen MR) is 152 cm³/mol. The number of amides is 1. The van der Waals surface area contributed by atoms with Crippen LogP contribution < -0.4 is 35.3 Å². The number of allylic oxidation sites excluding steroid dienone is 1. The summed E-state index contributed by atoms with van der Waals surface area (Å²) in [5.74, 6) is 0.0883. The van der Waals surface area contributed by atoms with Gasteiger partial charge in [-0.2, -0.15) is 5.26 Å². The number of carbonyl (C=O) groups excluding carboxylic acids is 1. The smallest absolute Gasteiger partial charge is 0.274 e. The minimum Gasteiger partial charge on any atom is -0.497 e. The molecule has 0 unspecified atom stereocenters. The number of methoxy groups -OCH3 is 2. The Morgan fingerprint density at radius 2 is 1.62 bits per heavy atom. The lowest BCUT2D eigenvalue weighted by Crippen LogP contribution is -2.40. The molecule has 0 bridgehead atoms. The second kappa shape index (κ2) is 10.7. The first kappa shape index (κ1) is 25.6. The molecule has 0 saturated heterocycles. The number of hydrogen-bond donors (Lipinski definition) is 2. The van der Waals surface area contributed by atoms with Crippen LogP contribution in [-0.2, 0) is 4.79 Å². The zero-order valence-corrected chi connectivity index (χ0v) is 22.0. The van der Waals surface area contributed by atoms with Crippen LogP contribution in [-0.4, -0.2) is 24.7 Å². The first-order valence-electron chi connectivity index (χ1n) is 12.0. The molecule has 1 amide bonds. The highest BCUT2D eigenvalue weighted by Gasteiger charge is 2.35. The van der Waals surface area contributed by atoms with E-state index in [1.165, 1.54) is 4.57 Å². The van der Waals surface area contributed by atoms with E-state index in [1.54, 1.807) is 68.8 Å². The van der Waals surface area contributed by atoms with Crippen LogP contribution in [0, 0.1) is 11.3 Å². The Hall–Kier alpha value is -5.07. The third-order valence-corrected chi connectivity index (χ3v) is 7.52. The van der Waals surface area contributed by atoms with Crippen molar-refractivity contribution in [2.45, 2.75) is 5.92 Å². The topological polar surface area (TPSA) is 119 Å². The van der Waals surface area contributed by atoms with E-state index >= 15 is 0 Å². The minimum absolute atomic E-state index is 0.000195. The molecule has 8 nitrogen and oxygen atoms in total. The quantitative estimate of drug-likeness (QED) is 0.391. The molecule has 0 spiro atoms. The van der Waals surface area contributed by atoms with Crippen molar-refractivity contribution in [3.63, 3.8) is 0 Å². The molecule has 39 heavy (non-hydrogen) atoms. The molecule has 0 fully saturated rings. The Morgan fingerprint density at radius 3 is 2.21 bits per heavy atom. The highest BCUT2D eigenvalue weighted by molar-refractivity contribution is 7.07. The van der Waals surface area contributed by atoms with Crippen LogP contribution in [0.2, 0.25) is 0 Å². The maximum absolute atomic E-state index is 13.9. The van der Waals surface area contributed by atoms with Gasteiger partial charge in [0.25, 0.3) is 11.5 Å². The number of thiazole rings is 1. The molecule has 0 saturated carbocycles. The molecule has 1 aromatic heterocycles. The zero-order valence-electron chi connectivity index (χ0n) is 21.2. The number of benzene rings is 3. The van der Waals surface area contributed by atoms with Crippen LogP contribution in [0.3, 0.4) is 0 Å². The molecule has 3 aromatic carbocycles. The van der Waals surface area contributed by atoms with E-state index in [-0.39, 0.29) is 17.0 Å². The Kier molecular flexibility index (Phi) is 7.04. The number of ether oxygens (including phenoxy) is 2. The molecule has 9 heteroatoms. The summed E-state index contributed by atoms with van der Waals surface area (Å²) in [6.07, 6.45) is 1.73. The van der Waals surface area contributed by atoms with Gasteiger partial charge in [-0.1, -0.05) is 42.5 Å². The SMILES string of the molecule is COc1ccc(/C=c2/sc3n(c2=O)C(N)=C(C#N)[C@H](c2ccc(OC)cc2)C=3C(=O)Nc2ccccc2)cc1. The van der Waals surface area contributed by atoms with Crippen LogP contribution in [0.15, 0.2) is 89.2 Å². The summed E-state index contributed by atoms with van der Waals surface area (Å²) in [7, 11) is 3.14.